The standard InChI is InChI=1S/C22H24FN5O2S/c1-16-2-8-19(9-3-16)28-21(27-11-13-30-14-12-27)25-26-22(28)31-15-10-20(29)24-18-6-4-17(23)5-7-18/h2-9H,10-15H2,1H3,(H,24,29). The van der Waals surface area contributed by atoms with Gasteiger partial charge in [0.1, 0.15) is 5.82 Å². The molecule has 1 fully saturated rings. The van der Waals surface area contributed by atoms with E-state index in [9.17, 15) is 9.18 Å². The van der Waals surface area contributed by atoms with Crippen molar-refractivity contribution in [2.24, 2.45) is 0 Å². The molecule has 2 heterocycles. The number of aryl methyl sites for hydroxylation is 1. The molecule has 7 nitrogen and oxygen atoms in total. The van der Waals surface area contributed by atoms with Crippen molar-refractivity contribution >= 4 is 29.3 Å². The quantitative estimate of drug-likeness (QED) is 0.564. The first-order valence-corrected chi connectivity index (χ1v) is 11.1. The highest BCUT2D eigenvalue weighted by Gasteiger charge is 2.22. The molecule has 0 bridgehead atoms. The Balaban J connectivity index is 1.45. The SMILES string of the molecule is Cc1ccc(-n2c(SCCC(=O)Nc3ccc(F)cc3)nnc2N2CCOCC2)cc1. The van der Waals surface area contributed by atoms with Gasteiger partial charge in [0.25, 0.3) is 0 Å². The number of rotatable bonds is 7. The molecule has 162 valence electrons. The maximum atomic E-state index is 13.0. The number of aromatic nitrogens is 3. The van der Waals surface area contributed by atoms with E-state index in [2.05, 4.69) is 32.5 Å². The van der Waals surface area contributed by atoms with Crippen LogP contribution >= 0.6 is 11.8 Å². The van der Waals surface area contributed by atoms with Gasteiger partial charge in [-0.1, -0.05) is 29.5 Å². The van der Waals surface area contributed by atoms with Gasteiger partial charge < -0.3 is 15.0 Å². The first-order chi connectivity index (χ1) is 15.1. The summed E-state index contributed by atoms with van der Waals surface area (Å²) in [5.74, 6) is 0.861. The van der Waals surface area contributed by atoms with Gasteiger partial charge in [0.05, 0.1) is 18.9 Å². The number of halogens is 1. The number of carbonyl (C=O) groups excluding carboxylic acids is 1. The number of nitrogens with zero attached hydrogens (tertiary/aromatic N) is 4. The average Bonchev–Trinajstić information content (AvgIpc) is 3.20. The second kappa shape index (κ2) is 9.93. The van der Waals surface area contributed by atoms with Crippen molar-refractivity contribution < 1.29 is 13.9 Å². The van der Waals surface area contributed by atoms with Crippen LogP contribution in [-0.4, -0.2) is 52.7 Å². The lowest BCUT2D eigenvalue weighted by atomic mass is 10.2. The lowest BCUT2D eigenvalue weighted by Gasteiger charge is -2.28. The van der Waals surface area contributed by atoms with Gasteiger partial charge >= 0.3 is 0 Å². The van der Waals surface area contributed by atoms with Crippen molar-refractivity contribution in [3.8, 4) is 5.69 Å². The third-order valence-corrected chi connectivity index (χ3v) is 5.82. The minimum atomic E-state index is -0.333. The van der Waals surface area contributed by atoms with Crippen molar-refractivity contribution in [2.45, 2.75) is 18.5 Å². The number of ether oxygens (including phenoxy) is 1. The maximum Gasteiger partial charge on any atom is 0.232 e. The second-order valence-electron chi connectivity index (χ2n) is 7.21. The normalized spacial score (nSPS) is 13.9. The van der Waals surface area contributed by atoms with Crippen molar-refractivity contribution in [2.75, 3.05) is 42.3 Å². The van der Waals surface area contributed by atoms with E-state index in [-0.39, 0.29) is 11.7 Å². The lowest BCUT2D eigenvalue weighted by Crippen LogP contribution is -2.37. The molecule has 0 unspecified atom stereocenters. The number of carbonyl (C=O) groups is 1. The minimum Gasteiger partial charge on any atom is -0.378 e. The molecule has 0 spiro atoms. The van der Waals surface area contributed by atoms with Crippen molar-refractivity contribution in [1.82, 2.24) is 14.8 Å². The highest BCUT2D eigenvalue weighted by molar-refractivity contribution is 7.99. The van der Waals surface area contributed by atoms with E-state index in [1.807, 2.05) is 23.6 Å². The van der Waals surface area contributed by atoms with E-state index >= 15 is 0 Å². The van der Waals surface area contributed by atoms with Gasteiger partial charge in [0.2, 0.25) is 11.9 Å². The molecule has 0 saturated carbocycles. The zero-order chi connectivity index (χ0) is 21.6. The molecule has 9 heteroatoms. The van der Waals surface area contributed by atoms with Gasteiger partial charge in [-0.05, 0) is 43.3 Å². The van der Waals surface area contributed by atoms with E-state index in [0.717, 1.165) is 29.9 Å². The lowest BCUT2D eigenvalue weighted by molar-refractivity contribution is -0.115. The summed E-state index contributed by atoms with van der Waals surface area (Å²) >= 11 is 1.48. The molecule has 0 radical (unpaired) electrons. The summed E-state index contributed by atoms with van der Waals surface area (Å²) in [5.41, 5.74) is 2.74. The molecule has 0 aliphatic carbocycles. The van der Waals surface area contributed by atoms with E-state index in [4.69, 9.17) is 4.74 Å². The van der Waals surface area contributed by atoms with Crippen LogP contribution in [0.5, 0.6) is 0 Å². The van der Waals surface area contributed by atoms with E-state index in [1.165, 1.54) is 29.5 Å². The molecular weight excluding hydrogens is 417 g/mol. The Morgan fingerprint density at radius 3 is 2.52 bits per heavy atom. The van der Waals surface area contributed by atoms with Crippen LogP contribution < -0.4 is 10.2 Å². The zero-order valence-corrected chi connectivity index (χ0v) is 18.1. The predicted molar refractivity (Wildman–Crippen MR) is 119 cm³/mol. The summed E-state index contributed by atoms with van der Waals surface area (Å²) < 4.78 is 20.5. The van der Waals surface area contributed by atoms with Gasteiger partial charge in [-0.2, -0.15) is 0 Å². The number of hydrogen-bond acceptors (Lipinski definition) is 6. The monoisotopic (exact) mass is 441 g/mol. The van der Waals surface area contributed by atoms with Crippen molar-refractivity contribution in [1.29, 1.82) is 0 Å². The third kappa shape index (κ3) is 5.42. The Morgan fingerprint density at radius 1 is 1.10 bits per heavy atom. The molecule has 3 aromatic rings. The molecule has 1 saturated heterocycles. The molecule has 1 aliphatic heterocycles. The van der Waals surface area contributed by atoms with Crippen molar-refractivity contribution in [3.63, 3.8) is 0 Å². The Bertz CT molecular complexity index is 1020. The second-order valence-corrected chi connectivity index (χ2v) is 8.27. The molecule has 1 N–H and O–H groups in total. The van der Waals surface area contributed by atoms with E-state index < -0.39 is 0 Å². The van der Waals surface area contributed by atoms with E-state index in [0.29, 0.717) is 31.1 Å². The fourth-order valence-corrected chi connectivity index (χ4v) is 4.12. The number of hydrogen-bond donors (Lipinski definition) is 1. The topological polar surface area (TPSA) is 72.3 Å². The van der Waals surface area contributed by atoms with Gasteiger partial charge in [-0.25, -0.2) is 4.39 Å². The molecule has 1 amide bonds. The van der Waals surface area contributed by atoms with Crippen LogP contribution in [0.3, 0.4) is 0 Å². The number of thioether (sulfide) groups is 1. The smallest absolute Gasteiger partial charge is 0.232 e. The predicted octanol–water partition coefficient (Wildman–Crippen LogP) is 3.67. The first-order valence-electron chi connectivity index (χ1n) is 10.1. The van der Waals surface area contributed by atoms with Crippen LogP contribution in [0, 0.1) is 12.7 Å². The average molecular weight is 442 g/mol. The summed E-state index contributed by atoms with van der Waals surface area (Å²) in [6.45, 7) is 4.89. The highest BCUT2D eigenvalue weighted by atomic mass is 32.2. The molecule has 1 aliphatic rings. The zero-order valence-electron chi connectivity index (χ0n) is 17.3. The molecular formula is C22H24FN5O2S. The fraction of sp³-hybridized carbons (Fsp3) is 0.318. The fourth-order valence-electron chi connectivity index (χ4n) is 3.24. The van der Waals surface area contributed by atoms with E-state index in [1.54, 1.807) is 12.1 Å². The van der Waals surface area contributed by atoms with Gasteiger partial charge in [0, 0.05) is 31.0 Å². The number of benzene rings is 2. The number of nitrogens with one attached hydrogen (secondary N) is 1. The Kier molecular flexibility index (Phi) is 6.83. The van der Waals surface area contributed by atoms with Crippen LogP contribution in [0.25, 0.3) is 5.69 Å². The summed E-state index contributed by atoms with van der Waals surface area (Å²) in [6, 6.07) is 13.9. The van der Waals surface area contributed by atoms with Crippen LogP contribution in [0.2, 0.25) is 0 Å². The molecule has 4 rings (SSSR count). The highest BCUT2D eigenvalue weighted by Crippen LogP contribution is 2.28. The van der Waals surface area contributed by atoms with Crippen LogP contribution in [0.1, 0.15) is 12.0 Å². The molecule has 0 atom stereocenters. The molecule has 2 aromatic carbocycles. The number of amides is 1. The summed E-state index contributed by atoms with van der Waals surface area (Å²) in [7, 11) is 0. The van der Waals surface area contributed by atoms with Gasteiger partial charge in [-0.15, -0.1) is 10.2 Å². The minimum absolute atomic E-state index is 0.131. The molecule has 31 heavy (non-hydrogen) atoms. The Morgan fingerprint density at radius 2 is 1.81 bits per heavy atom. The van der Waals surface area contributed by atoms with Crippen LogP contribution in [0.4, 0.5) is 16.0 Å². The summed E-state index contributed by atoms with van der Waals surface area (Å²) in [5, 5.41) is 12.4. The van der Waals surface area contributed by atoms with Gasteiger partial charge in [0.15, 0.2) is 5.16 Å². The number of morpholine rings is 1. The summed E-state index contributed by atoms with van der Waals surface area (Å²) in [4.78, 5) is 14.4. The Labute approximate surface area is 184 Å². The first kappa shape index (κ1) is 21.3. The van der Waals surface area contributed by atoms with Gasteiger partial charge in [-0.3, -0.25) is 9.36 Å². The van der Waals surface area contributed by atoms with Crippen LogP contribution in [-0.2, 0) is 9.53 Å². The largest absolute Gasteiger partial charge is 0.378 e. The van der Waals surface area contributed by atoms with Crippen molar-refractivity contribution in [3.05, 3.63) is 59.9 Å². The van der Waals surface area contributed by atoms with Crippen LogP contribution in [0.15, 0.2) is 53.7 Å². The third-order valence-electron chi connectivity index (χ3n) is 4.89. The Hall–Kier alpha value is -2.91. The summed E-state index contributed by atoms with van der Waals surface area (Å²) in [6.07, 6.45) is 0.301. The maximum absolute atomic E-state index is 13.0. The number of anilines is 2. The molecule has 1 aromatic heterocycles.